The van der Waals surface area contributed by atoms with Crippen LogP contribution in [0.2, 0.25) is 5.02 Å². The zero-order valence-corrected chi connectivity index (χ0v) is 17.8. The van der Waals surface area contributed by atoms with Crippen LogP contribution in [0.1, 0.15) is 21.5 Å². The summed E-state index contributed by atoms with van der Waals surface area (Å²) in [5.41, 5.74) is 2.55. The van der Waals surface area contributed by atoms with E-state index in [0.717, 1.165) is 24.2 Å². The highest BCUT2D eigenvalue weighted by molar-refractivity contribution is 7.92. The molecule has 1 aliphatic rings. The monoisotopic (exact) mass is 421 g/mol. The predicted molar refractivity (Wildman–Crippen MR) is 112 cm³/mol. The third kappa shape index (κ3) is 4.48. The second kappa shape index (κ2) is 8.11. The Hall–Kier alpha value is -2.09. The molecule has 28 heavy (non-hydrogen) atoms. The zero-order valence-electron chi connectivity index (χ0n) is 16.2. The van der Waals surface area contributed by atoms with Crippen molar-refractivity contribution < 1.29 is 13.2 Å². The van der Waals surface area contributed by atoms with Gasteiger partial charge in [-0.25, -0.2) is 8.42 Å². The molecule has 0 aliphatic carbocycles. The molecule has 0 spiro atoms. The van der Waals surface area contributed by atoms with Crippen molar-refractivity contribution in [2.75, 3.05) is 37.9 Å². The molecule has 1 saturated heterocycles. The van der Waals surface area contributed by atoms with Crippen molar-refractivity contribution in [2.45, 2.75) is 18.7 Å². The number of hydrogen-bond donors (Lipinski definition) is 1. The average Bonchev–Trinajstić information content (AvgIpc) is 2.65. The number of anilines is 1. The lowest BCUT2D eigenvalue weighted by atomic mass is 10.1. The largest absolute Gasteiger partial charge is 0.336 e. The highest BCUT2D eigenvalue weighted by atomic mass is 35.5. The van der Waals surface area contributed by atoms with Crippen molar-refractivity contribution in [1.82, 2.24) is 9.80 Å². The van der Waals surface area contributed by atoms with Crippen LogP contribution in [-0.2, 0) is 10.0 Å². The fraction of sp³-hybridized carbons (Fsp3) is 0.350. The van der Waals surface area contributed by atoms with Gasteiger partial charge in [-0.2, -0.15) is 0 Å². The maximum atomic E-state index is 13.0. The Bertz CT molecular complexity index is 1000. The van der Waals surface area contributed by atoms with Gasteiger partial charge in [0.1, 0.15) is 4.90 Å². The lowest BCUT2D eigenvalue weighted by molar-refractivity contribution is 0.0664. The van der Waals surface area contributed by atoms with Crippen molar-refractivity contribution in [3.63, 3.8) is 0 Å². The fourth-order valence-corrected chi connectivity index (χ4v) is 4.73. The minimum absolute atomic E-state index is 0.0766. The number of piperazine rings is 1. The third-order valence-corrected chi connectivity index (χ3v) is 6.74. The van der Waals surface area contributed by atoms with Gasteiger partial charge in [0.2, 0.25) is 0 Å². The van der Waals surface area contributed by atoms with Gasteiger partial charge in [0.05, 0.1) is 10.7 Å². The van der Waals surface area contributed by atoms with Crippen LogP contribution in [0.4, 0.5) is 5.69 Å². The molecule has 1 fully saturated rings. The van der Waals surface area contributed by atoms with E-state index in [4.69, 9.17) is 11.6 Å². The minimum Gasteiger partial charge on any atom is -0.336 e. The quantitative estimate of drug-likeness (QED) is 0.823. The molecule has 1 aliphatic heterocycles. The Morgan fingerprint density at radius 3 is 2.39 bits per heavy atom. The third-order valence-electron chi connectivity index (χ3n) is 4.90. The molecule has 1 N–H and O–H groups in total. The summed E-state index contributed by atoms with van der Waals surface area (Å²) in [4.78, 5) is 16.6. The van der Waals surface area contributed by atoms with Gasteiger partial charge in [0.25, 0.3) is 15.9 Å². The molecular weight excluding hydrogens is 398 g/mol. The van der Waals surface area contributed by atoms with Gasteiger partial charge in [0, 0.05) is 31.7 Å². The van der Waals surface area contributed by atoms with Crippen LogP contribution >= 0.6 is 11.6 Å². The molecule has 1 amide bonds. The number of nitrogens with zero attached hydrogens (tertiary/aromatic N) is 2. The zero-order chi connectivity index (χ0) is 20.5. The standard InChI is InChI=1S/C20H24ClN3O3S/c1-14-4-5-15(2)18(12-14)22-28(26,27)19-13-16(6-7-17(19)21)20(25)24-10-8-23(3)9-11-24/h4-7,12-13,22H,8-11H2,1-3H3. The summed E-state index contributed by atoms with van der Waals surface area (Å²) in [6.07, 6.45) is 0. The SMILES string of the molecule is Cc1ccc(C)c(NS(=O)(=O)c2cc(C(=O)N3CCN(C)CC3)ccc2Cl)c1. The molecule has 0 atom stereocenters. The molecule has 3 rings (SSSR count). The number of sulfonamides is 1. The van der Waals surface area contributed by atoms with Gasteiger partial charge in [0.15, 0.2) is 0 Å². The molecule has 0 radical (unpaired) electrons. The lowest BCUT2D eigenvalue weighted by Gasteiger charge is -2.32. The summed E-state index contributed by atoms with van der Waals surface area (Å²) in [7, 11) is -1.93. The van der Waals surface area contributed by atoms with Crippen LogP contribution in [0.25, 0.3) is 0 Å². The Kier molecular flexibility index (Phi) is 5.98. The van der Waals surface area contributed by atoms with E-state index in [1.807, 2.05) is 33.0 Å². The molecule has 6 nitrogen and oxygen atoms in total. The van der Waals surface area contributed by atoms with Crippen LogP contribution < -0.4 is 4.72 Å². The van der Waals surface area contributed by atoms with Crippen LogP contribution in [0, 0.1) is 13.8 Å². The number of halogens is 1. The topological polar surface area (TPSA) is 69.7 Å². The number of carbonyl (C=O) groups excluding carboxylic acids is 1. The van der Waals surface area contributed by atoms with E-state index in [-0.39, 0.29) is 15.8 Å². The highest BCUT2D eigenvalue weighted by Gasteiger charge is 2.24. The molecule has 0 saturated carbocycles. The van der Waals surface area contributed by atoms with Gasteiger partial charge >= 0.3 is 0 Å². The highest BCUT2D eigenvalue weighted by Crippen LogP contribution is 2.27. The first-order valence-corrected chi connectivity index (χ1v) is 10.9. The van der Waals surface area contributed by atoms with Crippen molar-refractivity contribution in [1.29, 1.82) is 0 Å². The Morgan fingerprint density at radius 2 is 1.71 bits per heavy atom. The predicted octanol–water partition coefficient (Wildman–Crippen LogP) is 3.15. The summed E-state index contributed by atoms with van der Waals surface area (Å²) in [5, 5.41) is 0.0766. The van der Waals surface area contributed by atoms with Gasteiger partial charge in [-0.05, 0) is 56.3 Å². The number of nitrogens with one attached hydrogen (secondary N) is 1. The minimum atomic E-state index is -3.94. The first-order valence-electron chi connectivity index (χ1n) is 9.05. The number of rotatable bonds is 4. The summed E-state index contributed by atoms with van der Waals surface area (Å²) < 4.78 is 28.5. The molecule has 8 heteroatoms. The molecule has 1 heterocycles. The van der Waals surface area contributed by atoms with Gasteiger partial charge < -0.3 is 9.80 Å². The summed E-state index contributed by atoms with van der Waals surface area (Å²) in [6.45, 7) is 6.52. The van der Waals surface area contributed by atoms with E-state index in [2.05, 4.69) is 9.62 Å². The normalized spacial score (nSPS) is 15.5. The van der Waals surface area contributed by atoms with Crippen molar-refractivity contribution in [3.8, 4) is 0 Å². The maximum absolute atomic E-state index is 13.0. The second-order valence-electron chi connectivity index (χ2n) is 7.16. The van der Waals surface area contributed by atoms with E-state index in [1.165, 1.54) is 12.1 Å². The smallest absolute Gasteiger partial charge is 0.263 e. The number of likely N-dealkylation sites (N-methyl/N-ethyl adjacent to an activating group) is 1. The maximum Gasteiger partial charge on any atom is 0.263 e. The van der Waals surface area contributed by atoms with E-state index >= 15 is 0 Å². The number of benzene rings is 2. The molecule has 0 bridgehead atoms. The van der Waals surface area contributed by atoms with E-state index in [0.29, 0.717) is 24.3 Å². The van der Waals surface area contributed by atoms with E-state index in [1.54, 1.807) is 17.0 Å². The van der Waals surface area contributed by atoms with Crippen LogP contribution in [0.15, 0.2) is 41.3 Å². The van der Waals surface area contributed by atoms with Crippen molar-refractivity contribution >= 4 is 33.2 Å². The van der Waals surface area contributed by atoms with Crippen molar-refractivity contribution in [2.24, 2.45) is 0 Å². The van der Waals surface area contributed by atoms with Gasteiger partial charge in [-0.3, -0.25) is 9.52 Å². The van der Waals surface area contributed by atoms with Crippen LogP contribution in [-0.4, -0.2) is 57.4 Å². The number of amides is 1. The molecule has 0 unspecified atom stereocenters. The fourth-order valence-electron chi connectivity index (χ4n) is 3.08. The van der Waals surface area contributed by atoms with Crippen LogP contribution in [0.3, 0.4) is 0 Å². The molecule has 2 aromatic rings. The Balaban J connectivity index is 1.90. The second-order valence-corrected chi connectivity index (χ2v) is 9.22. The molecule has 150 valence electrons. The Morgan fingerprint density at radius 1 is 1.04 bits per heavy atom. The van der Waals surface area contributed by atoms with Crippen molar-refractivity contribution in [3.05, 3.63) is 58.1 Å². The molecule has 0 aromatic heterocycles. The number of carbonyl (C=O) groups is 1. The first-order chi connectivity index (χ1) is 13.2. The number of hydrogen-bond acceptors (Lipinski definition) is 4. The Labute approximate surface area is 171 Å². The summed E-state index contributed by atoms with van der Waals surface area (Å²) in [5.74, 6) is -0.187. The summed E-state index contributed by atoms with van der Waals surface area (Å²) in [6, 6.07) is 9.91. The lowest BCUT2D eigenvalue weighted by Crippen LogP contribution is -2.47. The first kappa shape index (κ1) is 20.6. The molecular formula is C20H24ClN3O3S. The van der Waals surface area contributed by atoms with Crippen LogP contribution in [0.5, 0.6) is 0 Å². The van der Waals surface area contributed by atoms with E-state index in [9.17, 15) is 13.2 Å². The summed E-state index contributed by atoms with van der Waals surface area (Å²) >= 11 is 6.18. The van der Waals surface area contributed by atoms with Gasteiger partial charge in [-0.1, -0.05) is 23.7 Å². The van der Waals surface area contributed by atoms with E-state index < -0.39 is 10.0 Å². The molecule has 2 aromatic carbocycles. The average molecular weight is 422 g/mol. The number of aryl methyl sites for hydroxylation is 2. The van der Waals surface area contributed by atoms with Gasteiger partial charge in [-0.15, -0.1) is 0 Å².